The number of hydrogen-bond acceptors (Lipinski definition) is 2. The Morgan fingerprint density at radius 2 is 2.41 bits per heavy atom. The van der Waals surface area contributed by atoms with Crippen molar-refractivity contribution in [2.45, 2.75) is 6.04 Å². The summed E-state index contributed by atoms with van der Waals surface area (Å²) in [5.74, 6) is -0.531. The molecule has 3 nitrogen and oxygen atoms in total. The van der Waals surface area contributed by atoms with Crippen molar-refractivity contribution >= 4 is 21.8 Å². The third-order valence-electron chi connectivity index (χ3n) is 2.74. The molecule has 1 unspecified atom stereocenters. The third-order valence-corrected chi connectivity index (χ3v) is 3.49. The maximum absolute atomic E-state index is 13.1. The Balaban J connectivity index is 2.18. The second-order valence-electron chi connectivity index (χ2n) is 3.89. The number of hydrogen-bond donors (Lipinski definition) is 0. The molecule has 1 aliphatic rings. The van der Waals surface area contributed by atoms with Crippen molar-refractivity contribution in [3.8, 4) is 0 Å². The molecule has 1 heterocycles. The van der Waals surface area contributed by atoms with Gasteiger partial charge < -0.3 is 9.64 Å². The summed E-state index contributed by atoms with van der Waals surface area (Å²) in [5.41, 5.74) is 0.387. The Kier molecular flexibility index (Phi) is 4.12. The predicted octanol–water partition coefficient (Wildman–Crippen LogP) is 2.06. The zero-order valence-electron chi connectivity index (χ0n) is 9.23. The number of alkyl halides is 1. The highest BCUT2D eigenvalue weighted by atomic mass is 79.9. The molecule has 5 heteroatoms. The number of carbonyl (C=O) groups excluding carboxylic acids is 1. The molecule has 1 aromatic carbocycles. The molecule has 1 aromatic rings. The van der Waals surface area contributed by atoms with Crippen LogP contribution in [0.1, 0.15) is 10.4 Å². The van der Waals surface area contributed by atoms with Crippen LogP contribution in [0.4, 0.5) is 4.39 Å². The van der Waals surface area contributed by atoms with E-state index in [1.54, 1.807) is 17.0 Å². The lowest BCUT2D eigenvalue weighted by Gasteiger charge is -2.34. The van der Waals surface area contributed by atoms with Crippen molar-refractivity contribution in [2.24, 2.45) is 0 Å². The van der Waals surface area contributed by atoms with Gasteiger partial charge in [-0.1, -0.05) is 22.0 Å². The van der Waals surface area contributed by atoms with Crippen molar-refractivity contribution in [1.82, 2.24) is 4.90 Å². The molecule has 0 aliphatic carbocycles. The van der Waals surface area contributed by atoms with E-state index >= 15 is 0 Å². The number of amides is 1. The highest BCUT2D eigenvalue weighted by molar-refractivity contribution is 9.09. The number of halogens is 2. The van der Waals surface area contributed by atoms with Gasteiger partial charge in [-0.25, -0.2) is 4.39 Å². The van der Waals surface area contributed by atoms with Gasteiger partial charge in [0.1, 0.15) is 5.82 Å². The first-order chi connectivity index (χ1) is 8.22. The SMILES string of the molecule is O=C(c1cccc(F)c1)N1CCOCC1CBr. The summed E-state index contributed by atoms with van der Waals surface area (Å²) in [6.45, 7) is 1.60. The number of benzene rings is 1. The van der Waals surface area contributed by atoms with Crippen molar-refractivity contribution in [3.05, 3.63) is 35.6 Å². The molecule has 1 fully saturated rings. The Hall–Kier alpha value is -0.940. The number of morpholine rings is 1. The zero-order chi connectivity index (χ0) is 12.3. The molecular formula is C12H13BrFNO2. The molecular weight excluding hydrogens is 289 g/mol. The maximum atomic E-state index is 13.1. The van der Waals surface area contributed by atoms with E-state index in [-0.39, 0.29) is 17.8 Å². The fraction of sp³-hybridized carbons (Fsp3) is 0.417. The average Bonchev–Trinajstić information content (AvgIpc) is 2.38. The Morgan fingerprint density at radius 3 is 3.12 bits per heavy atom. The van der Waals surface area contributed by atoms with Crippen LogP contribution in [-0.2, 0) is 4.74 Å². The second kappa shape index (κ2) is 5.60. The third kappa shape index (κ3) is 2.84. The largest absolute Gasteiger partial charge is 0.377 e. The summed E-state index contributed by atoms with van der Waals surface area (Å²) >= 11 is 3.36. The molecule has 0 saturated carbocycles. The summed E-state index contributed by atoms with van der Waals surface area (Å²) in [6, 6.07) is 5.79. The molecule has 1 aliphatic heterocycles. The summed E-state index contributed by atoms with van der Waals surface area (Å²) in [4.78, 5) is 13.9. The number of rotatable bonds is 2. The van der Waals surface area contributed by atoms with Crippen LogP contribution in [0.2, 0.25) is 0 Å². The minimum Gasteiger partial charge on any atom is -0.377 e. The van der Waals surface area contributed by atoms with E-state index in [0.29, 0.717) is 30.7 Å². The van der Waals surface area contributed by atoms with Gasteiger partial charge >= 0.3 is 0 Å². The average molecular weight is 302 g/mol. The Labute approximate surface area is 108 Å². The minimum atomic E-state index is -0.389. The van der Waals surface area contributed by atoms with E-state index in [1.165, 1.54) is 12.1 Å². The van der Waals surface area contributed by atoms with E-state index in [1.807, 2.05) is 0 Å². The summed E-state index contributed by atoms with van der Waals surface area (Å²) in [7, 11) is 0. The van der Waals surface area contributed by atoms with Gasteiger partial charge in [-0.3, -0.25) is 4.79 Å². The highest BCUT2D eigenvalue weighted by Crippen LogP contribution is 2.14. The minimum absolute atomic E-state index is 0.0134. The first-order valence-electron chi connectivity index (χ1n) is 5.42. The number of ether oxygens (including phenoxy) is 1. The van der Waals surface area contributed by atoms with Gasteiger partial charge in [0.2, 0.25) is 0 Å². The predicted molar refractivity (Wildman–Crippen MR) is 65.8 cm³/mol. The van der Waals surface area contributed by atoms with Crippen LogP contribution in [0.15, 0.2) is 24.3 Å². The van der Waals surface area contributed by atoms with Gasteiger partial charge in [0.25, 0.3) is 5.91 Å². The van der Waals surface area contributed by atoms with Crippen LogP contribution in [0.5, 0.6) is 0 Å². The Bertz CT molecular complexity index is 413. The van der Waals surface area contributed by atoms with E-state index in [4.69, 9.17) is 4.74 Å². The van der Waals surface area contributed by atoms with E-state index in [9.17, 15) is 9.18 Å². The number of carbonyl (C=O) groups is 1. The van der Waals surface area contributed by atoms with Gasteiger partial charge in [0.15, 0.2) is 0 Å². The lowest BCUT2D eigenvalue weighted by molar-refractivity contribution is 0.00522. The molecule has 0 bridgehead atoms. The monoisotopic (exact) mass is 301 g/mol. The molecule has 92 valence electrons. The summed E-state index contributed by atoms with van der Waals surface area (Å²) < 4.78 is 18.4. The maximum Gasteiger partial charge on any atom is 0.254 e. The van der Waals surface area contributed by atoms with Gasteiger partial charge in [0, 0.05) is 17.4 Å². The van der Waals surface area contributed by atoms with Gasteiger partial charge in [-0.15, -0.1) is 0 Å². The van der Waals surface area contributed by atoms with E-state index in [2.05, 4.69) is 15.9 Å². The second-order valence-corrected chi connectivity index (χ2v) is 4.54. The van der Waals surface area contributed by atoms with Crippen LogP contribution in [0.3, 0.4) is 0 Å². The fourth-order valence-corrected chi connectivity index (χ4v) is 2.37. The summed E-state index contributed by atoms with van der Waals surface area (Å²) in [5, 5.41) is 0.661. The molecule has 2 rings (SSSR count). The van der Waals surface area contributed by atoms with Crippen LogP contribution in [-0.4, -0.2) is 41.9 Å². The Morgan fingerprint density at radius 1 is 1.59 bits per heavy atom. The van der Waals surface area contributed by atoms with E-state index < -0.39 is 0 Å². The molecule has 0 radical (unpaired) electrons. The standard InChI is InChI=1S/C12H13BrFNO2/c13-7-11-8-17-5-4-15(11)12(16)9-2-1-3-10(14)6-9/h1-3,6,11H,4-5,7-8H2. The van der Waals surface area contributed by atoms with Crippen LogP contribution in [0, 0.1) is 5.82 Å². The van der Waals surface area contributed by atoms with Crippen LogP contribution in [0.25, 0.3) is 0 Å². The van der Waals surface area contributed by atoms with E-state index in [0.717, 1.165) is 0 Å². The topological polar surface area (TPSA) is 29.5 Å². The zero-order valence-corrected chi connectivity index (χ0v) is 10.8. The highest BCUT2D eigenvalue weighted by Gasteiger charge is 2.27. The normalized spacial score (nSPS) is 20.4. The van der Waals surface area contributed by atoms with Gasteiger partial charge in [0.05, 0.1) is 19.3 Å². The molecule has 1 saturated heterocycles. The van der Waals surface area contributed by atoms with Crippen molar-refractivity contribution < 1.29 is 13.9 Å². The molecule has 0 N–H and O–H groups in total. The smallest absolute Gasteiger partial charge is 0.254 e. The molecule has 0 spiro atoms. The van der Waals surface area contributed by atoms with Gasteiger partial charge in [-0.2, -0.15) is 0 Å². The molecule has 1 amide bonds. The van der Waals surface area contributed by atoms with Crippen molar-refractivity contribution in [1.29, 1.82) is 0 Å². The van der Waals surface area contributed by atoms with Crippen LogP contribution >= 0.6 is 15.9 Å². The quantitative estimate of drug-likeness (QED) is 0.783. The molecule has 0 aromatic heterocycles. The van der Waals surface area contributed by atoms with Crippen molar-refractivity contribution in [2.75, 3.05) is 25.1 Å². The number of nitrogens with zero attached hydrogens (tertiary/aromatic N) is 1. The van der Waals surface area contributed by atoms with Crippen LogP contribution < -0.4 is 0 Å². The molecule has 1 atom stereocenters. The first-order valence-corrected chi connectivity index (χ1v) is 6.55. The van der Waals surface area contributed by atoms with Crippen molar-refractivity contribution in [3.63, 3.8) is 0 Å². The fourth-order valence-electron chi connectivity index (χ4n) is 1.84. The molecule has 17 heavy (non-hydrogen) atoms. The lowest BCUT2D eigenvalue weighted by atomic mass is 10.1. The first kappa shape index (κ1) is 12.5. The lowest BCUT2D eigenvalue weighted by Crippen LogP contribution is -2.49. The van der Waals surface area contributed by atoms with Gasteiger partial charge in [-0.05, 0) is 18.2 Å². The summed E-state index contributed by atoms with van der Waals surface area (Å²) in [6.07, 6.45) is 0.